The Hall–Kier alpha value is -2.98. The number of carbonyl (C=O) groups is 1. The van der Waals surface area contributed by atoms with Crippen molar-refractivity contribution in [2.45, 2.75) is 43.8 Å². The number of fused-ring (bicyclic) bond motifs is 1. The Balaban J connectivity index is 1.68. The highest BCUT2D eigenvalue weighted by Crippen LogP contribution is 2.47. The van der Waals surface area contributed by atoms with Crippen molar-refractivity contribution in [2.24, 2.45) is 0 Å². The first kappa shape index (κ1) is 19.0. The van der Waals surface area contributed by atoms with E-state index < -0.39 is 12.2 Å². The number of hydrogen-bond donors (Lipinski definition) is 1. The third-order valence-corrected chi connectivity index (χ3v) is 5.94. The van der Waals surface area contributed by atoms with Crippen LogP contribution in [0, 0.1) is 5.82 Å². The Morgan fingerprint density at radius 1 is 1.07 bits per heavy atom. The highest BCUT2D eigenvalue weighted by Gasteiger charge is 2.29. The predicted octanol–water partition coefficient (Wildman–Crippen LogP) is 5.60. The molecule has 1 N–H and O–H groups in total. The van der Waals surface area contributed by atoms with Crippen molar-refractivity contribution in [1.29, 1.82) is 0 Å². The molecule has 0 radical (unpaired) electrons. The molecular formula is C26H23FO3. The first-order valence-electron chi connectivity index (χ1n) is 10.5. The molecule has 2 aliphatic rings. The molecule has 1 aliphatic heterocycles. The highest BCUT2D eigenvalue weighted by atomic mass is 19.1. The van der Waals surface area contributed by atoms with Crippen LogP contribution in [0.1, 0.15) is 42.7 Å². The topological polar surface area (TPSA) is 46.5 Å². The first-order chi connectivity index (χ1) is 14.6. The summed E-state index contributed by atoms with van der Waals surface area (Å²) in [6, 6.07) is 17.1. The summed E-state index contributed by atoms with van der Waals surface area (Å²) >= 11 is 0. The van der Waals surface area contributed by atoms with Crippen LogP contribution >= 0.6 is 0 Å². The predicted molar refractivity (Wildman–Crippen MR) is 115 cm³/mol. The van der Waals surface area contributed by atoms with E-state index in [9.17, 15) is 14.3 Å². The fourth-order valence-corrected chi connectivity index (χ4v) is 4.35. The molecule has 2 unspecified atom stereocenters. The van der Waals surface area contributed by atoms with Gasteiger partial charge in [-0.2, -0.15) is 0 Å². The molecule has 0 aromatic heterocycles. The maximum absolute atomic E-state index is 13.6. The van der Waals surface area contributed by atoms with Gasteiger partial charge in [0.25, 0.3) is 0 Å². The lowest BCUT2D eigenvalue weighted by Gasteiger charge is -2.24. The van der Waals surface area contributed by atoms with Gasteiger partial charge in [-0.1, -0.05) is 48.5 Å². The van der Waals surface area contributed by atoms with Crippen molar-refractivity contribution in [3.63, 3.8) is 0 Å². The molecule has 30 heavy (non-hydrogen) atoms. The summed E-state index contributed by atoms with van der Waals surface area (Å²) in [6.45, 7) is 0. The third-order valence-electron chi connectivity index (χ3n) is 5.94. The van der Waals surface area contributed by atoms with E-state index in [0.29, 0.717) is 12.3 Å². The summed E-state index contributed by atoms with van der Waals surface area (Å²) in [7, 11) is 0. The van der Waals surface area contributed by atoms with Crippen LogP contribution in [0.25, 0.3) is 28.0 Å². The summed E-state index contributed by atoms with van der Waals surface area (Å²) in [5, 5.41) is 12.2. The Morgan fingerprint density at radius 2 is 1.83 bits per heavy atom. The van der Waals surface area contributed by atoms with Gasteiger partial charge in [-0.25, -0.2) is 4.39 Å². The van der Waals surface area contributed by atoms with Crippen LogP contribution in [0.5, 0.6) is 0 Å². The highest BCUT2D eigenvalue weighted by molar-refractivity contribution is 6.02. The van der Waals surface area contributed by atoms with Crippen molar-refractivity contribution in [1.82, 2.24) is 0 Å². The Kier molecular flexibility index (Phi) is 4.87. The standard InChI is InChI=1S/C26H23FO3/c27-19-9-7-17(8-10-19)26-22-4-2-1-3-18(22)13-24(16-5-6-16)23(26)12-11-21-14-20(28)15-25(29)30-21/h1-4,7-13,16,20-21,28H,5-6,14-15H2/b12-11+. The fraction of sp³-hybridized carbons (Fsp3) is 0.269. The summed E-state index contributed by atoms with van der Waals surface area (Å²) in [5.41, 5.74) is 4.37. The first-order valence-corrected chi connectivity index (χ1v) is 10.5. The molecule has 2 atom stereocenters. The lowest BCUT2D eigenvalue weighted by atomic mass is 9.87. The van der Waals surface area contributed by atoms with E-state index in [-0.39, 0.29) is 18.2 Å². The average Bonchev–Trinajstić information content (AvgIpc) is 3.57. The van der Waals surface area contributed by atoms with E-state index in [0.717, 1.165) is 40.3 Å². The van der Waals surface area contributed by atoms with E-state index in [2.05, 4.69) is 18.2 Å². The van der Waals surface area contributed by atoms with Crippen LogP contribution in [-0.4, -0.2) is 23.3 Å². The number of cyclic esters (lactones) is 1. The van der Waals surface area contributed by atoms with Gasteiger partial charge < -0.3 is 9.84 Å². The van der Waals surface area contributed by atoms with E-state index >= 15 is 0 Å². The number of hydrogen-bond acceptors (Lipinski definition) is 3. The second kappa shape index (κ2) is 7.69. The minimum atomic E-state index is -0.669. The van der Waals surface area contributed by atoms with Crippen molar-refractivity contribution in [3.8, 4) is 11.1 Å². The number of aliphatic hydroxyl groups is 1. The molecular weight excluding hydrogens is 379 g/mol. The van der Waals surface area contributed by atoms with Gasteiger partial charge in [-0.05, 0) is 70.0 Å². The number of aliphatic hydroxyl groups excluding tert-OH is 1. The van der Waals surface area contributed by atoms with Crippen LogP contribution in [0.3, 0.4) is 0 Å². The van der Waals surface area contributed by atoms with Crippen molar-refractivity contribution < 1.29 is 19.0 Å². The minimum Gasteiger partial charge on any atom is -0.458 e. The van der Waals surface area contributed by atoms with Crippen LogP contribution < -0.4 is 0 Å². The molecule has 3 nitrogen and oxygen atoms in total. The average molecular weight is 402 g/mol. The van der Waals surface area contributed by atoms with Crippen molar-refractivity contribution in [2.75, 3.05) is 0 Å². The Bertz CT molecular complexity index is 1130. The van der Waals surface area contributed by atoms with E-state index in [1.165, 1.54) is 17.7 Å². The van der Waals surface area contributed by atoms with Gasteiger partial charge in [0.1, 0.15) is 11.9 Å². The Morgan fingerprint density at radius 3 is 2.57 bits per heavy atom. The smallest absolute Gasteiger partial charge is 0.309 e. The molecule has 0 bridgehead atoms. The molecule has 152 valence electrons. The molecule has 1 heterocycles. The zero-order valence-corrected chi connectivity index (χ0v) is 16.6. The van der Waals surface area contributed by atoms with Crippen LogP contribution in [-0.2, 0) is 9.53 Å². The van der Waals surface area contributed by atoms with Gasteiger partial charge in [-0.15, -0.1) is 0 Å². The number of esters is 1. The molecule has 2 fully saturated rings. The second-order valence-corrected chi connectivity index (χ2v) is 8.24. The number of rotatable bonds is 4. The molecule has 3 aromatic rings. The number of carbonyl (C=O) groups excluding carboxylic acids is 1. The van der Waals surface area contributed by atoms with E-state index in [4.69, 9.17) is 4.74 Å². The quantitative estimate of drug-likeness (QED) is 0.578. The summed E-state index contributed by atoms with van der Waals surface area (Å²) in [5.74, 6) is -0.127. The molecule has 3 aromatic carbocycles. The van der Waals surface area contributed by atoms with Gasteiger partial charge in [-0.3, -0.25) is 4.79 Å². The zero-order chi connectivity index (χ0) is 20.7. The van der Waals surface area contributed by atoms with Gasteiger partial charge >= 0.3 is 5.97 Å². The van der Waals surface area contributed by atoms with Crippen LogP contribution in [0.15, 0.2) is 60.7 Å². The third kappa shape index (κ3) is 3.75. The van der Waals surface area contributed by atoms with Crippen molar-refractivity contribution in [3.05, 3.63) is 77.6 Å². The number of halogens is 1. The maximum atomic E-state index is 13.6. The lowest BCUT2D eigenvalue weighted by molar-refractivity contribution is -0.156. The summed E-state index contributed by atoms with van der Waals surface area (Å²) < 4.78 is 19.0. The van der Waals surface area contributed by atoms with Gasteiger partial charge in [0.05, 0.1) is 12.5 Å². The molecule has 1 saturated heterocycles. The van der Waals surface area contributed by atoms with E-state index in [1.54, 1.807) is 0 Å². The van der Waals surface area contributed by atoms with Crippen LogP contribution in [0.2, 0.25) is 0 Å². The van der Waals surface area contributed by atoms with Gasteiger partial charge in [0, 0.05) is 6.42 Å². The second-order valence-electron chi connectivity index (χ2n) is 8.24. The van der Waals surface area contributed by atoms with Crippen molar-refractivity contribution >= 4 is 22.8 Å². The summed E-state index contributed by atoms with van der Waals surface area (Å²) in [6.07, 6.45) is 5.54. The molecule has 4 heteroatoms. The minimum absolute atomic E-state index is 0.0501. The fourth-order valence-electron chi connectivity index (χ4n) is 4.35. The Labute approximate surface area is 174 Å². The van der Waals surface area contributed by atoms with Crippen LogP contribution in [0.4, 0.5) is 4.39 Å². The molecule has 0 spiro atoms. The number of ether oxygens (including phenoxy) is 1. The maximum Gasteiger partial charge on any atom is 0.309 e. The molecule has 0 amide bonds. The molecule has 1 saturated carbocycles. The SMILES string of the molecule is O=C1CC(O)CC(/C=C/c2c(C3CC3)cc3ccccc3c2-c2ccc(F)cc2)O1. The molecule has 5 rings (SSSR count). The van der Waals surface area contributed by atoms with Gasteiger partial charge in [0.2, 0.25) is 0 Å². The van der Waals surface area contributed by atoms with Gasteiger partial charge in [0.15, 0.2) is 0 Å². The zero-order valence-electron chi connectivity index (χ0n) is 16.6. The molecule has 1 aliphatic carbocycles. The number of benzene rings is 3. The monoisotopic (exact) mass is 402 g/mol. The largest absolute Gasteiger partial charge is 0.458 e. The normalized spacial score (nSPS) is 21.9. The lowest BCUT2D eigenvalue weighted by Crippen LogP contribution is -2.31. The van der Waals surface area contributed by atoms with E-state index in [1.807, 2.05) is 36.4 Å². The summed E-state index contributed by atoms with van der Waals surface area (Å²) in [4.78, 5) is 11.7.